The zero-order chi connectivity index (χ0) is 27.2. The molecule has 11 heteroatoms. The number of hydrogen-bond acceptors (Lipinski definition) is 8. The molecule has 2 aromatic carbocycles. The predicted molar refractivity (Wildman–Crippen MR) is 153 cm³/mol. The number of nitrogens with zero attached hydrogens (tertiary/aromatic N) is 3. The van der Waals surface area contributed by atoms with Gasteiger partial charge in [-0.05, 0) is 78.5 Å². The molecule has 0 aliphatic carbocycles. The number of halogens is 2. The highest BCUT2D eigenvalue weighted by Gasteiger charge is 2.36. The van der Waals surface area contributed by atoms with Gasteiger partial charge in [0.15, 0.2) is 11.5 Å². The van der Waals surface area contributed by atoms with Gasteiger partial charge in [-0.15, -0.1) is 5.10 Å². The third-order valence-corrected chi connectivity index (χ3v) is 7.59. The van der Waals surface area contributed by atoms with Gasteiger partial charge in [0.2, 0.25) is 11.1 Å². The van der Waals surface area contributed by atoms with Gasteiger partial charge in [0.05, 0.1) is 23.3 Å². The second-order valence-corrected chi connectivity index (χ2v) is 10.8. The third-order valence-electron chi connectivity index (χ3n) is 5.71. The van der Waals surface area contributed by atoms with E-state index in [9.17, 15) is 4.79 Å². The van der Waals surface area contributed by atoms with E-state index in [1.165, 1.54) is 0 Å². The van der Waals surface area contributed by atoms with Crippen LogP contribution in [0.2, 0.25) is 5.02 Å². The highest BCUT2D eigenvalue weighted by Crippen LogP contribution is 2.43. The molecule has 1 aromatic heterocycles. The van der Waals surface area contributed by atoms with Crippen molar-refractivity contribution in [2.24, 2.45) is 0 Å². The van der Waals surface area contributed by atoms with E-state index in [1.807, 2.05) is 50.2 Å². The molecule has 3 aromatic rings. The summed E-state index contributed by atoms with van der Waals surface area (Å²) in [7, 11) is 0. The number of ether oxygens (including phenoxy) is 3. The number of rotatable bonds is 11. The molecular formula is C27H30BrClN4O4S. The molecule has 8 nitrogen and oxygen atoms in total. The van der Waals surface area contributed by atoms with Crippen molar-refractivity contribution in [2.45, 2.75) is 51.9 Å². The first kappa shape index (κ1) is 28.3. The maximum atomic E-state index is 13.2. The molecule has 4 rings (SSSR count). The molecule has 0 radical (unpaired) electrons. The summed E-state index contributed by atoms with van der Waals surface area (Å²) in [6, 6.07) is 10.7. The van der Waals surface area contributed by atoms with Crippen molar-refractivity contribution in [3.05, 3.63) is 68.3 Å². The lowest BCUT2D eigenvalue weighted by molar-refractivity contribution is -0.139. The molecule has 1 N–H and O–H groups in total. The summed E-state index contributed by atoms with van der Waals surface area (Å²) in [5.74, 6) is 2.16. The number of fused-ring (bicyclic) bond motifs is 1. The van der Waals surface area contributed by atoms with Crippen LogP contribution in [0.4, 0.5) is 5.95 Å². The molecule has 0 spiro atoms. The average molecular weight is 622 g/mol. The fourth-order valence-electron chi connectivity index (χ4n) is 4.05. The Kier molecular flexibility index (Phi) is 9.62. The summed E-state index contributed by atoms with van der Waals surface area (Å²) in [5.41, 5.74) is 2.87. The number of thioether (sulfide) groups is 1. The molecule has 0 fully saturated rings. The predicted octanol–water partition coefficient (Wildman–Crippen LogP) is 7.03. The van der Waals surface area contributed by atoms with Crippen molar-refractivity contribution in [2.75, 3.05) is 24.3 Å². The molecule has 202 valence electrons. The van der Waals surface area contributed by atoms with Crippen molar-refractivity contribution in [1.29, 1.82) is 0 Å². The number of nitrogens with one attached hydrogen (secondary N) is 1. The van der Waals surface area contributed by atoms with Crippen LogP contribution in [-0.4, -0.2) is 39.7 Å². The maximum Gasteiger partial charge on any atom is 0.338 e. The van der Waals surface area contributed by atoms with E-state index in [0.717, 1.165) is 23.3 Å². The minimum atomic E-state index is -0.574. The Morgan fingerprint density at radius 3 is 2.61 bits per heavy atom. The van der Waals surface area contributed by atoms with Crippen molar-refractivity contribution in [3.63, 3.8) is 0 Å². The second-order valence-electron chi connectivity index (χ2n) is 8.48. The van der Waals surface area contributed by atoms with Gasteiger partial charge in [0.1, 0.15) is 12.6 Å². The number of benzene rings is 2. The Morgan fingerprint density at radius 1 is 1.16 bits per heavy atom. The lowest BCUT2D eigenvalue weighted by atomic mass is 9.95. The smallest absolute Gasteiger partial charge is 0.338 e. The summed E-state index contributed by atoms with van der Waals surface area (Å²) in [4.78, 5) is 17.8. The minimum absolute atomic E-state index is 0.259. The van der Waals surface area contributed by atoms with Crippen LogP contribution in [-0.2, 0) is 16.1 Å². The van der Waals surface area contributed by atoms with Crippen LogP contribution < -0.4 is 14.8 Å². The van der Waals surface area contributed by atoms with E-state index < -0.39 is 12.0 Å². The quantitative estimate of drug-likeness (QED) is 0.180. The molecule has 2 heterocycles. The fourth-order valence-corrected chi connectivity index (χ4v) is 5.44. The Bertz CT molecular complexity index is 1330. The highest BCUT2D eigenvalue weighted by atomic mass is 79.9. The first-order valence-corrected chi connectivity index (χ1v) is 14.6. The molecule has 0 saturated heterocycles. The van der Waals surface area contributed by atoms with E-state index in [1.54, 1.807) is 23.4 Å². The fraction of sp³-hybridized carbons (Fsp3) is 0.370. The maximum absolute atomic E-state index is 13.2. The highest BCUT2D eigenvalue weighted by molar-refractivity contribution is 9.10. The summed E-state index contributed by atoms with van der Waals surface area (Å²) >= 11 is 11.3. The van der Waals surface area contributed by atoms with Crippen molar-refractivity contribution >= 4 is 51.2 Å². The number of anilines is 1. The van der Waals surface area contributed by atoms with Crippen molar-refractivity contribution < 1.29 is 19.0 Å². The Labute approximate surface area is 240 Å². The molecule has 0 saturated carbocycles. The van der Waals surface area contributed by atoms with Crippen LogP contribution in [0.5, 0.6) is 11.5 Å². The first-order valence-electron chi connectivity index (χ1n) is 12.4. The molecule has 38 heavy (non-hydrogen) atoms. The molecule has 1 unspecified atom stereocenters. The SMILES string of the molecule is CCCSc1nc2n(n1)C(c1cc(Br)c(OCc3ccc(Cl)cc3)c(OCC)c1)C(C(=O)OCC)=C(C)N2. The number of carbonyl (C=O) groups is 1. The van der Waals surface area contributed by atoms with Gasteiger partial charge >= 0.3 is 5.97 Å². The summed E-state index contributed by atoms with van der Waals surface area (Å²) in [6.45, 7) is 8.68. The lowest BCUT2D eigenvalue weighted by Crippen LogP contribution is -2.29. The zero-order valence-corrected chi connectivity index (χ0v) is 24.9. The largest absolute Gasteiger partial charge is 0.490 e. The van der Waals surface area contributed by atoms with Crippen LogP contribution in [0.25, 0.3) is 0 Å². The summed E-state index contributed by atoms with van der Waals surface area (Å²) in [6.07, 6.45) is 0.999. The van der Waals surface area contributed by atoms with Crippen LogP contribution >= 0.6 is 39.3 Å². The van der Waals surface area contributed by atoms with Gasteiger partial charge in [-0.25, -0.2) is 9.48 Å². The minimum Gasteiger partial charge on any atom is -0.490 e. The van der Waals surface area contributed by atoms with Gasteiger partial charge in [0.25, 0.3) is 0 Å². The van der Waals surface area contributed by atoms with Gasteiger partial charge in [-0.3, -0.25) is 0 Å². The zero-order valence-electron chi connectivity index (χ0n) is 21.7. The van der Waals surface area contributed by atoms with Crippen LogP contribution in [0.1, 0.15) is 51.3 Å². The van der Waals surface area contributed by atoms with Gasteiger partial charge in [0, 0.05) is 16.5 Å². The molecule has 1 aliphatic rings. The van der Waals surface area contributed by atoms with Crippen molar-refractivity contribution in [1.82, 2.24) is 14.8 Å². The summed E-state index contributed by atoms with van der Waals surface area (Å²) in [5, 5.41) is 9.29. The van der Waals surface area contributed by atoms with E-state index in [4.69, 9.17) is 30.9 Å². The molecule has 1 atom stereocenters. The number of aromatic nitrogens is 3. The van der Waals surface area contributed by atoms with Crippen LogP contribution in [0.15, 0.2) is 57.3 Å². The van der Waals surface area contributed by atoms with E-state index >= 15 is 0 Å². The monoisotopic (exact) mass is 620 g/mol. The number of hydrogen-bond donors (Lipinski definition) is 1. The number of esters is 1. The van der Waals surface area contributed by atoms with Crippen molar-refractivity contribution in [3.8, 4) is 11.5 Å². The van der Waals surface area contributed by atoms with Crippen LogP contribution in [0.3, 0.4) is 0 Å². The lowest BCUT2D eigenvalue weighted by Gasteiger charge is -2.28. The topological polar surface area (TPSA) is 87.5 Å². The standard InChI is InChI=1S/C27H30BrClN4O4S/c1-5-12-38-27-31-26-30-16(4)22(25(34)36-7-3)23(33(26)32-27)18-13-20(28)24(21(14-18)35-6-2)37-15-17-8-10-19(29)11-9-17/h8-11,13-14,23H,5-7,12,15H2,1-4H3,(H,30,31,32). The average Bonchev–Trinajstić information content (AvgIpc) is 3.29. The first-order chi connectivity index (χ1) is 18.4. The second kappa shape index (κ2) is 12.9. The van der Waals surface area contributed by atoms with E-state index in [-0.39, 0.29) is 6.61 Å². The van der Waals surface area contributed by atoms with Gasteiger partial charge < -0.3 is 19.5 Å². The van der Waals surface area contributed by atoms with E-state index in [0.29, 0.717) is 56.6 Å². The number of carbonyl (C=O) groups excluding carboxylic acids is 1. The van der Waals surface area contributed by atoms with Gasteiger partial charge in [-0.1, -0.05) is 42.4 Å². The number of allylic oxidation sites excluding steroid dienone is 1. The Morgan fingerprint density at radius 2 is 1.92 bits per heavy atom. The van der Waals surface area contributed by atoms with E-state index in [2.05, 4.69) is 33.2 Å². The third kappa shape index (κ3) is 6.30. The Hall–Kier alpha value is -2.69. The summed E-state index contributed by atoms with van der Waals surface area (Å²) < 4.78 is 20.0. The molecule has 0 bridgehead atoms. The van der Waals surface area contributed by atoms with Gasteiger partial charge in [-0.2, -0.15) is 4.98 Å². The molecule has 0 amide bonds. The normalized spacial score (nSPS) is 14.6. The molecule has 1 aliphatic heterocycles. The Balaban J connectivity index is 1.77. The van der Waals surface area contributed by atoms with Crippen LogP contribution in [0, 0.1) is 0 Å². The molecular weight excluding hydrogens is 592 g/mol.